The highest BCUT2D eigenvalue weighted by molar-refractivity contribution is 6.31. The van der Waals surface area contributed by atoms with Crippen LogP contribution in [0.25, 0.3) is 0 Å². The molecule has 1 saturated heterocycles. The Bertz CT molecular complexity index is 359. The molecule has 0 aliphatic carbocycles. The third kappa shape index (κ3) is 2.44. The fourth-order valence-electron chi connectivity index (χ4n) is 2.12. The van der Waals surface area contributed by atoms with Gasteiger partial charge >= 0.3 is 0 Å². The molecule has 4 nitrogen and oxygen atoms in total. The van der Waals surface area contributed by atoms with E-state index in [9.17, 15) is 5.11 Å². The molecule has 1 fully saturated rings. The molecule has 0 aromatic carbocycles. The second kappa shape index (κ2) is 4.97. The lowest BCUT2D eigenvalue weighted by molar-refractivity contribution is 0.115. The maximum Gasteiger partial charge on any atom is 0.171 e. The first-order chi connectivity index (χ1) is 7.68. The minimum Gasteiger partial charge on any atom is -0.393 e. The summed E-state index contributed by atoms with van der Waals surface area (Å²) in [6.45, 7) is 3.57. The summed E-state index contributed by atoms with van der Waals surface area (Å²) in [7, 11) is 0. The largest absolute Gasteiger partial charge is 0.393 e. The standard InChI is InChI=1S/C11H16ClN3O/c1-8(16)9-3-2-6-15(7-9)11-10(12)13-4-5-14-11/h4-5,8-9,16H,2-3,6-7H2,1H3/t8-,9-/m0/s1. The number of aliphatic hydroxyl groups is 1. The molecular formula is C11H16ClN3O. The van der Waals surface area contributed by atoms with E-state index in [0.29, 0.717) is 11.1 Å². The van der Waals surface area contributed by atoms with E-state index in [4.69, 9.17) is 11.6 Å². The van der Waals surface area contributed by atoms with E-state index in [1.165, 1.54) is 0 Å². The number of nitrogens with zero attached hydrogens (tertiary/aromatic N) is 3. The zero-order valence-electron chi connectivity index (χ0n) is 9.30. The number of rotatable bonds is 2. The Hall–Kier alpha value is -0.870. The minimum atomic E-state index is -0.279. The summed E-state index contributed by atoms with van der Waals surface area (Å²) in [5, 5.41) is 10.1. The van der Waals surface area contributed by atoms with Crippen molar-refractivity contribution in [3.8, 4) is 0 Å². The minimum absolute atomic E-state index is 0.279. The molecule has 1 aromatic heterocycles. The fraction of sp³-hybridized carbons (Fsp3) is 0.636. The van der Waals surface area contributed by atoms with Gasteiger partial charge in [0.1, 0.15) is 0 Å². The van der Waals surface area contributed by atoms with Gasteiger partial charge < -0.3 is 10.0 Å². The fourth-order valence-corrected chi connectivity index (χ4v) is 2.35. The van der Waals surface area contributed by atoms with Gasteiger partial charge in [-0.3, -0.25) is 0 Å². The Morgan fingerprint density at radius 2 is 2.25 bits per heavy atom. The van der Waals surface area contributed by atoms with Crippen LogP contribution in [0.3, 0.4) is 0 Å². The van der Waals surface area contributed by atoms with Gasteiger partial charge in [-0.15, -0.1) is 0 Å². The third-order valence-corrected chi connectivity index (χ3v) is 3.34. The van der Waals surface area contributed by atoms with Crippen LogP contribution in [0.2, 0.25) is 5.15 Å². The van der Waals surface area contributed by atoms with Crippen LogP contribution in [-0.2, 0) is 0 Å². The molecule has 0 radical (unpaired) electrons. The highest BCUT2D eigenvalue weighted by Gasteiger charge is 2.25. The molecule has 88 valence electrons. The van der Waals surface area contributed by atoms with Gasteiger partial charge in [-0.05, 0) is 19.8 Å². The molecule has 2 rings (SSSR count). The van der Waals surface area contributed by atoms with Gasteiger partial charge in [0, 0.05) is 31.4 Å². The maximum absolute atomic E-state index is 9.62. The van der Waals surface area contributed by atoms with Crippen LogP contribution in [0.5, 0.6) is 0 Å². The Morgan fingerprint density at radius 1 is 1.50 bits per heavy atom. The second-order valence-corrected chi connectivity index (χ2v) is 4.62. The average molecular weight is 242 g/mol. The Labute approximate surface area is 100 Å². The van der Waals surface area contributed by atoms with Crippen molar-refractivity contribution in [2.45, 2.75) is 25.9 Å². The molecule has 0 bridgehead atoms. The summed E-state index contributed by atoms with van der Waals surface area (Å²) in [6.07, 6.45) is 5.07. The van der Waals surface area contributed by atoms with Crippen molar-refractivity contribution in [3.63, 3.8) is 0 Å². The molecule has 1 aliphatic heterocycles. The van der Waals surface area contributed by atoms with Gasteiger partial charge in [0.05, 0.1) is 6.10 Å². The summed E-state index contributed by atoms with van der Waals surface area (Å²) in [5.41, 5.74) is 0. The SMILES string of the molecule is C[C@H](O)[C@H]1CCCN(c2nccnc2Cl)C1. The highest BCUT2D eigenvalue weighted by atomic mass is 35.5. The van der Waals surface area contributed by atoms with Crippen LogP contribution in [0, 0.1) is 5.92 Å². The molecule has 16 heavy (non-hydrogen) atoms. The van der Waals surface area contributed by atoms with Crippen molar-refractivity contribution < 1.29 is 5.11 Å². The molecular weight excluding hydrogens is 226 g/mol. The van der Waals surface area contributed by atoms with E-state index in [-0.39, 0.29) is 6.10 Å². The molecule has 2 atom stereocenters. The van der Waals surface area contributed by atoms with Crippen LogP contribution in [0.15, 0.2) is 12.4 Å². The molecule has 0 amide bonds. The van der Waals surface area contributed by atoms with Crippen molar-refractivity contribution in [2.24, 2.45) is 5.92 Å². The van der Waals surface area contributed by atoms with Crippen LogP contribution in [0.4, 0.5) is 5.82 Å². The first-order valence-corrected chi connectivity index (χ1v) is 5.96. The predicted octanol–water partition coefficient (Wildman–Crippen LogP) is 1.73. The summed E-state index contributed by atoms with van der Waals surface area (Å²) in [4.78, 5) is 10.4. The smallest absolute Gasteiger partial charge is 0.171 e. The summed E-state index contributed by atoms with van der Waals surface area (Å²) in [5.74, 6) is 1.03. The van der Waals surface area contributed by atoms with Gasteiger partial charge in [-0.2, -0.15) is 0 Å². The molecule has 0 unspecified atom stereocenters. The first kappa shape index (κ1) is 11.6. The van der Waals surface area contributed by atoms with E-state index in [2.05, 4.69) is 14.9 Å². The Balaban J connectivity index is 2.13. The van der Waals surface area contributed by atoms with Gasteiger partial charge in [0.2, 0.25) is 0 Å². The maximum atomic E-state index is 9.62. The summed E-state index contributed by atoms with van der Waals surface area (Å²) >= 11 is 6.01. The first-order valence-electron chi connectivity index (χ1n) is 5.58. The van der Waals surface area contributed by atoms with Crippen LogP contribution >= 0.6 is 11.6 Å². The van der Waals surface area contributed by atoms with Crippen molar-refractivity contribution in [1.82, 2.24) is 9.97 Å². The molecule has 5 heteroatoms. The van der Waals surface area contributed by atoms with E-state index < -0.39 is 0 Å². The van der Waals surface area contributed by atoms with Crippen molar-refractivity contribution in [1.29, 1.82) is 0 Å². The lowest BCUT2D eigenvalue weighted by Crippen LogP contribution is -2.40. The van der Waals surface area contributed by atoms with Crippen LogP contribution in [0.1, 0.15) is 19.8 Å². The highest BCUT2D eigenvalue weighted by Crippen LogP contribution is 2.27. The lowest BCUT2D eigenvalue weighted by atomic mass is 9.93. The summed E-state index contributed by atoms with van der Waals surface area (Å²) < 4.78 is 0. The predicted molar refractivity (Wildman–Crippen MR) is 63.7 cm³/mol. The van der Waals surface area contributed by atoms with Gasteiger partial charge in [-0.1, -0.05) is 11.6 Å². The number of piperidine rings is 1. The van der Waals surface area contributed by atoms with Gasteiger partial charge in [0.25, 0.3) is 0 Å². The average Bonchev–Trinajstić information content (AvgIpc) is 2.30. The topological polar surface area (TPSA) is 49.2 Å². The normalized spacial score (nSPS) is 23.2. The lowest BCUT2D eigenvalue weighted by Gasteiger charge is -2.34. The Kier molecular flexibility index (Phi) is 3.61. The number of anilines is 1. The van der Waals surface area contributed by atoms with Crippen LogP contribution < -0.4 is 4.90 Å². The third-order valence-electron chi connectivity index (χ3n) is 3.08. The quantitative estimate of drug-likeness (QED) is 0.857. The molecule has 0 spiro atoms. The molecule has 1 aromatic rings. The molecule has 1 N–H and O–H groups in total. The zero-order valence-corrected chi connectivity index (χ0v) is 10.1. The van der Waals surface area contributed by atoms with E-state index in [1.54, 1.807) is 12.4 Å². The number of aliphatic hydroxyl groups excluding tert-OH is 1. The van der Waals surface area contributed by atoms with E-state index >= 15 is 0 Å². The summed E-state index contributed by atoms with van der Waals surface area (Å²) in [6, 6.07) is 0. The number of hydrogen-bond donors (Lipinski definition) is 1. The van der Waals surface area contributed by atoms with Gasteiger partial charge in [0.15, 0.2) is 11.0 Å². The second-order valence-electron chi connectivity index (χ2n) is 4.26. The zero-order chi connectivity index (χ0) is 11.5. The van der Waals surface area contributed by atoms with Crippen molar-refractivity contribution >= 4 is 17.4 Å². The van der Waals surface area contributed by atoms with Crippen molar-refractivity contribution in [3.05, 3.63) is 17.5 Å². The molecule has 1 aliphatic rings. The van der Waals surface area contributed by atoms with E-state index in [0.717, 1.165) is 31.7 Å². The molecule has 0 saturated carbocycles. The number of halogens is 1. The van der Waals surface area contributed by atoms with E-state index in [1.807, 2.05) is 6.92 Å². The number of aromatic nitrogens is 2. The monoisotopic (exact) mass is 241 g/mol. The van der Waals surface area contributed by atoms with Crippen LogP contribution in [-0.4, -0.2) is 34.3 Å². The van der Waals surface area contributed by atoms with Gasteiger partial charge in [-0.25, -0.2) is 9.97 Å². The van der Waals surface area contributed by atoms with Crippen molar-refractivity contribution in [2.75, 3.05) is 18.0 Å². The molecule has 2 heterocycles. The number of hydrogen-bond acceptors (Lipinski definition) is 4. The Morgan fingerprint density at radius 3 is 2.94 bits per heavy atom.